The maximum atomic E-state index is 6.19. The van der Waals surface area contributed by atoms with E-state index in [0.29, 0.717) is 0 Å². The second-order valence-corrected chi connectivity index (χ2v) is 6.80. The van der Waals surface area contributed by atoms with Gasteiger partial charge in [-0.3, -0.25) is 0 Å². The van der Waals surface area contributed by atoms with Crippen LogP contribution in [0.2, 0.25) is 0 Å². The van der Waals surface area contributed by atoms with Crippen molar-refractivity contribution in [3.8, 4) is 0 Å². The third-order valence-electron chi connectivity index (χ3n) is 4.67. The molecule has 0 saturated heterocycles. The minimum Gasteiger partial charge on any atom is -0.385 e. The van der Waals surface area contributed by atoms with Crippen molar-refractivity contribution in [1.82, 2.24) is 5.32 Å². The summed E-state index contributed by atoms with van der Waals surface area (Å²) in [6.07, 6.45) is 3.16. The molecule has 27 heavy (non-hydrogen) atoms. The first kappa shape index (κ1) is 19.2. The van der Waals surface area contributed by atoms with E-state index >= 15 is 0 Å². The summed E-state index contributed by atoms with van der Waals surface area (Å²) in [5.74, 6) is 0. The molecule has 4 nitrogen and oxygen atoms in total. The van der Waals surface area contributed by atoms with Crippen LogP contribution in [0.15, 0.2) is 72.8 Å². The van der Waals surface area contributed by atoms with E-state index in [4.69, 9.17) is 5.73 Å². The Labute approximate surface area is 162 Å². The summed E-state index contributed by atoms with van der Waals surface area (Å²) in [5, 5.41) is 12.9. The topological polar surface area (TPSA) is 62.1 Å². The maximum Gasteiger partial charge on any atom is 0.0563 e. The average molecular weight is 363 g/mol. The summed E-state index contributed by atoms with van der Waals surface area (Å²) < 4.78 is 0. The largest absolute Gasteiger partial charge is 0.385 e. The van der Waals surface area contributed by atoms with Crippen LogP contribution in [-0.2, 0) is 0 Å². The molecule has 5 N–H and O–H groups in total. The zero-order chi connectivity index (χ0) is 18.7. The fraction of sp³-hybridized carbons (Fsp3) is 0.304. The van der Waals surface area contributed by atoms with Crippen molar-refractivity contribution in [3.05, 3.63) is 72.8 Å². The molecule has 0 bridgehead atoms. The molecule has 0 amide bonds. The van der Waals surface area contributed by atoms with Crippen molar-refractivity contribution in [2.24, 2.45) is 5.73 Å². The Kier molecular flexibility index (Phi) is 7.51. The normalized spacial score (nSPS) is 12.0. The molecule has 0 aliphatic carbocycles. The quantitative estimate of drug-likeness (QED) is 0.301. The smallest absolute Gasteiger partial charge is 0.0563 e. The van der Waals surface area contributed by atoms with Gasteiger partial charge < -0.3 is 21.7 Å². The highest BCUT2D eigenvalue weighted by molar-refractivity contribution is 5.93. The number of fused-ring (bicyclic) bond motifs is 1. The summed E-state index contributed by atoms with van der Waals surface area (Å²) in [6, 6.07) is 25.1. The number of nitrogens with one attached hydrogen (secondary N) is 3. The summed E-state index contributed by atoms with van der Waals surface area (Å²) in [5.41, 5.74) is 8.55. The zero-order valence-electron chi connectivity index (χ0n) is 15.8. The van der Waals surface area contributed by atoms with Crippen molar-refractivity contribution < 1.29 is 0 Å². The van der Waals surface area contributed by atoms with Gasteiger partial charge in [0.2, 0.25) is 0 Å². The highest BCUT2D eigenvalue weighted by Crippen LogP contribution is 2.22. The Morgan fingerprint density at radius 3 is 2.33 bits per heavy atom. The summed E-state index contributed by atoms with van der Waals surface area (Å²) in [4.78, 5) is 0. The molecule has 0 fully saturated rings. The van der Waals surface area contributed by atoms with Crippen molar-refractivity contribution in [2.75, 3.05) is 30.3 Å². The molecule has 1 unspecified atom stereocenters. The SMILES string of the molecule is NC(CCNc1cccc2ccccc12)NCCCCNc1ccccc1. The van der Waals surface area contributed by atoms with Crippen LogP contribution < -0.4 is 21.7 Å². The molecule has 0 spiro atoms. The van der Waals surface area contributed by atoms with Crippen LogP contribution in [0.4, 0.5) is 11.4 Å². The lowest BCUT2D eigenvalue weighted by molar-refractivity contribution is 0.494. The maximum absolute atomic E-state index is 6.19. The van der Waals surface area contributed by atoms with Gasteiger partial charge in [0, 0.05) is 29.9 Å². The Bertz CT molecular complexity index is 798. The predicted octanol–water partition coefficient (Wildman–Crippen LogP) is 4.41. The minimum atomic E-state index is 0.0227. The average Bonchev–Trinajstić information content (AvgIpc) is 2.71. The third-order valence-corrected chi connectivity index (χ3v) is 4.67. The standard InChI is InChI=1S/C23H30N4/c24-23(27-17-7-6-16-25-20-11-2-1-3-12-20)15-18-26-22-14-8-10-19-9-4-5-13-21(19)22/h1-5,8-14,23,25-27H,6-7,15-18,24H2. The van der Waals surface area contributed by atoms with Crippen molar-refractivity contribution in [1.29, 1.82) is 0 Å². The molecule has 1 atom stereocenters. The number of nitrogens with two attached hydrogens (primary N) is 1. The lowest BCUT2D eigenvalue weighted by atomic mass is 10.1. The molecule has 3 aromatic carbocycles. The Morgan fingerprint density at radius 1 is 0.704 bits per heavy atom. The second kappa shape index (κ2) is 10.6. The van der Waals surface area contributed by atoms with Crippen molar-refractivity contribution >= 4 is 22.1 Å². The van der Waals surface area contributed by atoms with Gasteiger partial charge in [-0.2, -0.15) is 0 Å². The Balaban J connectivity index is 1.28. The fourth-order valence-corrected chi connectivity index (χ4v) is 3.17. The fourth-order valence-electron chi connectivity index (χ4n) is 3.17. The molecular weight excluding hydrogens is 332 g/mol. The molecule has 0 aromatic heterocycles. The van der Waals surface area contributed by atoms with E-state index in [1.165, 1.54) is 22.1 Å². The molecule has 3 rings (SSSR count). The van der Waals surface area contributed by atoms with Crippen LogP contribution in [0, 0.1) is 0 Å². The molecule has 0 heterocycles. The number of unbranched alkanes of at least 4 members (excludes halogenated alkanes) is 1. The van der Waals surface area contributed by atoms with Crippen LogP contribution in [0.5, 0.6) is 0 Å². The molecule has 3 aromatic rings. The van der Waals surface area contributed by atoms with E-state index in [1.54, 1.807) is 0 Å². The van der Waals surface area contributed by atoms with Crippen LogP contribution in [0.25, 0.3) is 10.8 Å². The van der Waals surface area contributed by atoms with Gasteiger partial charge in [-0.05, 0) is 49.4 Å². The number of benzene rings is 3. The number of hydrogen-bond donors (Lipinski definition) is 4. The lowest BCUT2D eigenvalue weighted by Crippen LogP contribution is -2.39. The van der Waals surface area contributed by atoms with Gasteiger partial charge in [-0.1, -0.05) is 54.6 Å². The van der Waals surface area contributed by atoms with E-state index in [1.807, 2.05) is 6.07 Å². The van der Waals surface area contributed by atoms with Gasteiger partial charge in [-0.25, -0.2) is 0 Å². The van der Waals surface area contributed by atoms with Gasteiger partial charge in [0.25, 0.3) is 0 Å². The molecule has 142 valence electrons. The third kappa shape index (κ3) is 6.27. The first-order valence-electron chi connectivity index (χ1n) is 9.82. The molecule has 0 saturated carbocycles. The monoisotopic (exact) mass is 362 g/mol. The van der Waals surface area contributed by atoms with E-state index in [0.717, 1.165) is 38.9 Å². The first-order chi connectivity index (χ1) is 13.3. The van der Waals surface area contributed by atoms with Gasteiger partial charge >= 0.3 is 0 Å². The van der Waals surface area contributed by atoms with Crippen LogP contribution in [0.1, 0.15) is 19.3 Å². The molecule has 0 aliphatic rings. The molecule has 0 radical (unpaired) electrons. The first-order valence-corrected chi connectivity index (χ1v) is 9.82. The Morgan fingerprint density at radius 2 is 1.44 bits per heavy atom. The van der Waals surface area contributed by atoms with Crippen molar-refractivity contribution in [2.45, 2.75) is 25.4 Å². The van der Waals surface area contributed by atoms with Crippen LogP contribution in [0.3, 0.4) is 0 Å². The van der Waals surface area contributed by atoms with E-state index < -0.39 is 0 Å². The summed E-state index contributed by atoms with van der Waals surface area (Å²) >= 11 is 0. The second-order valence-electron chi connectivity index (χ2n) is 6.80. The van der Waals surface area contributed by atoms with Gasteiger partial charge in [0.1, 0.15) is 0 Å². The van der Waals surface area contributed by atoms with Gasteiger partial charge in [0.15, 0.2) is 0 Å². The van der Waals surface area contributed by atoms with Gasteiger partial charge in [0.05, 0.1) is 6.17 Å². The number of para-hydroxylation sites is 1. The number of hydrogen-bond acceptors (Lipinski definition) is 4. The molecule has 0 aliphatic heterocycles. The number of anilines is 2. The lowest BCUT2D eigenvalue weighted by Gasteiger charge is -2.15. The Hall–Kier alpha value is -2.56. The number of rotatable bonds is 11. The molecule has 4 heteroatoms. The highest BCUT2D eigenvalue weighted by atomic mass is 15.0. The minimum absolute atomic E-state index is 0.0227. The van der Waals surface area contributed by atoms with E-state index in [9.17, 15) is 0 Å². The highest BCUT2D eigenvalue weighted by Gasteiger charge is 2.03. The van der Waals surface area contributed by atoms with Gasteiger partial charge in [-0.15, -0.1) is 0 Å². The van der Waals surface area contributed by atoms with E-state index in [-0.39, 0.29) is 6.17 Å². The van der Waals surface area contributed by atoms with Crippen LogP contribution >= 0.6 is 0 Å². The zero-order valence-corrected chi connectivity index (χ0v) is 15.8. The summed E-state index contributed by atoms with van der Waals surface area (Å²) in [6.45, 7) is 2.80. The summed E-state index contributed by atoms with van der Waals surface area (Å²) in [7, 11) is 0. The predicted molar refractivity (Wildman–Crippen MR) is 117 cm³/mol. The van der Waals surface area contributed by atoms with Crippen LogP contribution in [-0.4, -0.2) is 25.8 Å². The molecular formula is C23H30N4. The van der Waals surface area contributed by atoms with E-state index in [2.05, 4.69) is 82.7 Å². The van der Waals surface area contributed by atoms with Crippen molar-refractivity contribution in [3.63, 3.8) is 0 Å².